The summed E-state index contributed by atoms with van der Waals surface area (Å²) in [5, 5.41) is 11.8. The lowest BCUT2D eigenvalue weighted by atomic mass is 10.1. The van der Waals surface area contributed by atoms with Crippen LogP contribution in [0.2, 0.25) is 5.02 Å². The smallest absolute Gasteiger partial charge is 0.101 e. The summed E-state index contributed by atoms with van der Waals surface area (Å²) in [5.41, 5.74) is 1.57. The van der Waals surface area contributed by atoms with Crippen molar-refractivity contribution in [3.8, 4) is 6.07 Å². The Morgan fingerprint density at radius 2 is 2.22 bits per heavy atom. The van der Waals surface area contributed by atoms with Gasteiger partial charge in [0.15, 0.2) is 0 Å². The summed E-state index contributed by atoms with van der Waals surface area (Å²) in [6.07, 6.45) is 0. The molecule has 4 heteroatoms. The zero-order valence-electron chi connectivity index (χ0n) is 10.1. The molecule has 0 radical (unpaired) electrons. The molecule has 0 aliphatic carbocycles. The van der Waals surface area contributed by atoms with Gasteiger partial charge in [0.2, 0.25) is 0 Å². The summed E-state index contributed by atoms with van der Waals surface area (Å²) in [7, 11) is 0. The van der Waals surface area contributed by atoms with Crippen molar-refractivity contribution in [2.45, 2.75) is 13.5 Å². The third-order valence-corrected chi connectivity index (χ3v) is 3.82. The van der Waals surface area contributed by atoms with Crippen molar-refractivity contribution < 1.29 is 0 Å². The van der Waals surface area contributed by atoms with E-state index in [4.69, 9.17) is 11.6 Å². The maximum atomic E-state index is 9.18. The predicted octanol–water partition coefficient (Wildman–Crippen LogP) is 4.30. The van der Waals surface area contributed by atoms with E-state index in [0.29, 0.717) is 10.6 Å². The highest BCUT2D eigenvalue weighted by atomic mass is 35.5. The summed E-state index contributed by atoms with van der Waals surface area (Å²) in [5.74, 6) is 0. The van der Waals surface area contributed by atoms with E-state index in [2.05, 4.69) is 29.3 Å². The Bertz CT molecular complexity index is 558. The van der Waals surface area contributed by atoms with Gasteiger partial charge < -0.3 is 4.90 Å². The van der Waals surface area contributed by atoms with Gasteiger partial charge in [-0.25, -0.2) is 0 Å². The third-order valence-electron chi connectivity index (χ3n) is 2.73. The van der Waals surface area contributed by atoms with E-state index < -0.39 is 0 Å². The maximum Gasteiger partial charge on any atom is 0.101 e. The Hall–Kier alpha value is -1.50. The highest BCUT2D eigenvalue weighted by Gasteiger charge is 2.11. The Balaban J connectivity index is 2.30. The van der Waals surface area contributed by atoms with Gasteiger partial charge in [0.1, 0.15) is 6.07 Å². The van der Waals surface area contributed by atoms with Crippen LogP contribution in [-0.4, -0.2) is 6.54 Å². The van der Waals surface area contributed by atoms with Crippen LogP contribution in [0.4, 0.5) is 5.69 Å². The van der Waals surface area contributed by atoms with Gasteiger partial charge in [-0.1, -0.05) is 17.7 Å². The molecule has 0 aliphatic heterocycles. The molecular formula is C14H13ClN2S. The van der Waals surface area contributed by atoms with Crippen molar-refractivity contribution in [2.75, 3.05) is 11.4 Å². The lowest BCUT2D eigenvalue weighted by Gasteiger charge is -2.23. The minimum Gasteiger partial charge on any atom is -0.366 e. The van der Waals surface area contributed by atoms with E-state index in [-0.39, 0.29) is 0 Å². The van der Waals surface area contributed by atoms with Gasteiger partial charge >= 0.3 is 0 Å². The van der Waals surface area contributed by atoms with E-state index in [1.54, 1.807) is 17.4 Å². The monoisotopic (exact) mass is 276 g/mol. The predicted molar refractivity (Wildman–Crippen MR) is 77.2 cm³/mol. The minimum absolute atomic E-state index is 0.600. The molecule has 0 amide bonds. The van der Waals surface area contributed by atoms with E-state index in [1.165, 1.54) is 4.88 Å². The van der Waals surface area contributed by atoms with Crippen molar-refractivity contribution in [3.63, 3.8) is 0 Å². The average molecular weight is 277 g/mol. The molecule has 1 aromatic heterocycles. The number of hydrogen-bond acceptors (Lipinski definition) is 3. The van der Waals surface area contributed by atoms with Crippen LogP contribution in [0.1, 0.15) is 17.4 Å². The number of nitrogens with zero attached hydrogens (tertiary/aromatic N) is 2. The van der Waals surface area contributed by atoms with E-state index in [9.17, 15) is 5.26 Å². The highest BCUT2D eigenvalue weighted by Crippen LogP contribution is 2.26. The summed E-state index contributed by atoms with van der Waals surface area (Å²) in [6.45, 7) is 3.77. The molecule has 0 fully saturated rings. The van der Waals surface area contributed by atoms with Crippen LogP contribution in [0.15, 0.2) is 35.7 Å². The zero-order chi connectivity index (χ0) is 13.0. The largest absolute Gasteiger partial charge is 0.366 e. The van der Waals surface area contributed by atoms with Crippen LogP contribution in [0.25, 0.3) is 0 Å². The molecule has 0 saturated heterocycles. The molecular weight excluding hydrogens is 264 g/mol. The van der Waals surface area contributed by atoms with Crippen LogP contribution < -0.4 is 4.90 Å². The molecule has 0 bridgehead atoms. The topological polar surface area (TPSA) is 27.0 Å². The second kappa shape index (κ2) is 5.90. The van der Waals surface area contributed by atoms with E-state index in [0.717, 1.165) is 18.8 Å². The first-order chi connectivity index (χ1) is 8.74. The summed E-state index contributed by atoms with van der Waals surface area (Å²) < 4.78 is 0. The third kappa shape index (κ3) is 2.84. The fraction of sp³-hybridized carbons (Fsp3) is 0.214. The quantitative estimate of drug-likeness (QED) is 0.832. The molecule has 1 heterocycles. The van der Waals surface area contributed by atoms with Gasteiger partial charge in [-0.3, -0.25) is 0 Å². The van der Waals surface area contributed by atoms with Crippen molar-refractivity contribution in [2.24, 2.45) is 0 Å². The van der Waals surface area contributed by atoms with Crippen LogP contribution in [0, 0.1) is 11.3 Å². The number of anilines is 1. The SMILES string of the molecule is CCN(Cc1cccs1)c1ccc(Cl)cc1C#N. The molecule has 1 aromatic carbocycles. The molecule has 18 heavy (non-hydrogen) atoms. The molecule has 0 unspecified atom stereocenters. The molecule has 0 saturated carbocycles. The molecule has 0 N–H and O–H groups in total. The van der Waals surface area contributed by atoms with Crippen LogP contribution in [0.5, 0.6) is 0 Å². The van der Waals surface area contributed by atoms with Gasteiger partial charge in [-0.2, -0.15) is 5.26 Å². The number of hydrogen-bond donors (Lipinski definition) is 0. The summed E-state index contributed by atoms with van der Waals surface area (Å²) in [4.78, 5) is 3.47. The number of benzene rings is 1. The average Bonchev–Trinajstić information content (AvgIpc) is 2.89. The van der Waals surface area contributed by atoms with Gasteiger partial charge in [0.25, 0.3) is 0 Å². The fourth-order valence-electron chi connectivity index (χ4n) is 1.83. The maximum absolute atomic E-state index is 9.18. The molecule has 92 valence electrons. The van der Waals surface area contributed by atoms with Crippen molar-refractivity contribution >= 4 is 28.6 Å². The lowest BCUT2D eigenvalue weighted by molar-refractivity contribution is 0.841. The number of nitriles is 1. The first kappa shape index (κ1) is 12.9. The second-order valence-corrected chi connectivity index (χ2v) is 5.34. The van der Waals surface area contributed by atoms with Crippen molar-refractivity contribution in [1.82, 2.24) is 0 Å². The minimum atomic E-state index is 0.600. The Morgan fingerprint density at radius 1 is 1.39 bits per heavy atom. The van der Waals surface area contributed by atoms with Gasteiger partial charge in [0, 0.05) is 16.4 Å². The Labute approximate surface area is 116 Å². The van der Waals surface area contributed by atoms with Crippen LogP contribution in [0.3, 0.4) is 0 Å². The van der Waals surface area contributed by atoms with Crippen LogP contribution in [-0.2, 0) is 6.54 Å². The molecule has 2 nitrogen and oxygen atoms in total. The number of thiophene rings is 1. The molecule has 2 aromatic rings. The Morgan fingerprint density at radius 3 is 2.83 bits per heavy atom. The van der Waals surface area contributed by atoms with E-state index in [1.807, 2.05) is 18.2 Å². The van der Waals surface area contributed by atoms with Crippen molar-refractivity contribution in [3.05, 3.63) is 51.2 Å². The number of halogens is 1. The summed E-state index contributed by atoms with van der Waals surface area (Å²) in [6, 6.07) is 11.8. The van der Waals surface area contributed by atoms with E-state index >= 15 is 0 Å². The zero-order valence-corrected chi connectivity index (χ0v) is 11.6. The standard InChI is InChI=1S/C14H13ClN2S/c1-2-17(10-13-4-3-7-18-13)14-6-5-12(15)8-11(14)9-16/h3-8H,2,10H2,1H3. The fourth-order valence-corrected chi connectivity index (χ4v) is 2.72. The first-order valence-electron chi connectivity index (χ1n) is 5.71. The normalized spacial score (nSPS) is 10.1. The van der Waals surface area contributed by atoms with Gasteiger partial charge in [-0.05, 0) is 36.6 Å². The van der Waals surface area contributed by atoms with Gasteiger partial charge in [0.05, 0.1) is 17.8 Å². The summed E-state index contributed by atoms with van der Waals surface area (Å²) >= 11 is 7.65. The molecule has 2 rings (SSSR count). The molecule has 0 spiro atoms. The highest BCUT2D eigenvalue weighted by molar-refractivity contribution is 7.09. The first-order valence-corrected chi connectivity index (χ1v) is 6.97. The lowest BCUT2D eigenvalue weighted by Crippen LogP contribution is -2.22. The van der Waals surface area contributed by atoms with Crippen LogP contribution >= 0.6 is 22.9 Å². The number of rotatable bonds is 4. The molecule has 0 aliphatic rings. The van der Waals surface area contributed by atoms with Crippen molar-refractivity contribution in [1.29, 1.82) is 5.26 Å². The second-order valence-electron chi connectivity index (χ2n) is 3.87. The molecule has 0 atom stereocenters. The Kier molecular flexibility index (Phi) is 4.24. The van der Waals surface area contributed by atoms with Gasteiger partial charge in [-0.15, -0.1) is 11.3 Å².